The Balaban J connectivity index is 2.28. The number of hydrogen-bond donors (Lipinski definition) is 0. The highest BCUT2D eigenvalue weighted by molar-refractivity contribution is 5.98. The number of ketones is 1. The number of carbonyl (C=O) groups excluding carboxylic acids is 2. The summed E-state index contributed by atoms with van der Waals surface area (Å²) < 4.78 is 15.2. The zero-order chi connectivity index (χ0) is 16.4. The summed E-state index contributed by atoms with van der Waals surface area (Å²) in [5.41, 5.74) is 1.92. The highest BCUT2D eigenvalue weighted by Gasteiger charge is 2.27. The number of ether oxygens (including phenoxy) is 3. The van der Waals surface area contributed by atoms with Gasteiger partial charge in [-0.15, -0.1) is 0 Å². The summed E-state index contributed by atoms with van der Waals surface area (Å²) in [5.74, 6) is 0.0938. The van der Waals surface area contributed by atoms with Gasteiger partial charge in [0.1, 0.15) is 0 Å². The maximum Gasteiger partial charge on any atom is 0.305 e. The molecule has 0 saturated carbocycles. The molecule has 0 amide bonds. The van der Waals surface area contributed by atoms with Gasteiger partial charge in [-0.1, -0.05) is 19.3 Å². The van der Waals surface area contributed by atoms with Crippen molar-refractivity contribution in [1.82, 2.24) is 0 Å². The van der Waals surface area contributed by atoms with Crippen LogP contribution >= 0.6 is 0 Å². The average Bonchev–Trinajstić information content (AvgIpc) is 2.88. The molecule has 1 aliphatic carbocycles. The summed E-state index contributed by atoms with van der Waals surface area (Å²) in [5, 5.41) is 0. The molecule has 0 saturated heterocycles. The van der Waals surface area contributed by atoms with E-state index in [1.165, 1.54) is 7.11 Å². The first-order chi connectivity index (χ1) is 10.6. The number of rotatable bonds is 11. The SMILES string of the molecule is COC(=O)CCCCCCCC1=C(C(OC)OC)CCC1=O. The Bertz CT molecular complexity index is 396. The molecule has 0 aromatic carbocycles. The monoisotopic (exact) mass is 312 g/mol. The van der Waals surface area contributed by atoms with Gasteiger partial charge in [0.05, 0.1) is 7.11 Å². The standard InChI is InChI=1S/C17H28O5/c1-20-16(19)10-8-6-4-5-7-9-13-14(11-12-15(13)18)17(21-2)22-3/h17H,4-12H2,1-3H3. The van der Waals surface area contributed by atoms with Crippen LogP contribution < -0.4 is 0 Å². The third kappa shape index (κ3) is 5.89. The minimum atomic E-state index is -0.387. The van der Waals surface area contributed by atoms with Crippen molar-refractivity contribution in [1.29, 1.82) is 0 Å². The number of hydrogen-bond acceptors (Lipinski definition) is 5. The van der Waals surface area contributed by atoms with Gasteiger partial charge in [0.2, 0.25) is 0 Å². The lowest BCUT2D eigenvalue weighted by Crippen LogP contribution is -2.16. The third-order valence-electron chi connectivity index (χ3n) is 4.09. The zero-order valence-corrected chi connectivity index (χ0v) is 14.0. The van der Waals surface area contributed by atoms with Crippen molar-refractivity contribution < 1.29 is 23.8 Å². The van der Waals surface area contributed by atoms with Gasteiger partial charge in [-0.25, -0.2) is 0 Å². The van der Waals surface area contributed by atoms with Crippen molar-refractivity contribution in [2.45, 2.75) is 64.1 Å². The topological polar surface area (TPSA) is 61.8 Å². The molecule has 22 heavy (non-hydrogen) atoms. The van der Waals surface area contributed by atoms with E-state index in [2.05, 4.69) is 4.74 Å². The van der Waals surface area contributed by atoms with Crippen LogP contribution in [0.4, 0.5) is 0 Å². The van der Waals surface area contributed by atoms with Crippen molar-refractivity contribution in [2.75, 3.05) is 21.3 Å². The van der Waals surface area contributed by atoms with E-state index in [0.717, 1.165) is 56.1 Å². The van der Waals surface area contributed by atoms with Crippen molar-refractivity contribution in [3.63, 3.8) is 0 Å². The van der Waals surface area contributed by atoms with Gasteiger partial charge in [-0.05, 0) is 36.8 Å². The van der Waals surface area contributed by atoms with Crippen LogP contribution in [0.2, 0.25) is 0 Å². The van der Waals surface area contributed by atoms with E-state index in [0.29, 0.717) is 12.8 Å². The van der Waals surface area contributed by atoms with E-state index >= 15 is 0 Å². The van der Waals surface area contributed by atoms with Crippen LogP contribution in [-0.2, 0) is 23.8 Å². The molecule has 0 bridgehead atoms. The van der Waals surface area contributed by atoms with Crippen molar-refractivity contribution in [3.8, 4) is 0 Å². The van der Waals surface area contributed by atoms with E-state index in [-0.39, 0.29) is 18.0 Å². The maximum atomic E-state index is 12.0. The Morgan fingerprint density at radius 1 is 1.00 bits per heavy atom. The fourth-order valence-electron chi connectivity index (χ4n) is 2.87. The molecular formula is C17H28O5. The lowest BCUT2D eigenvalue weighted by molar-refractivity contribution is -0.140. The highest BCUT2D eigenvalue weighted by Crippen LogP contribution is 2.30. The van der Waals surface area contributed by atoms with Gasteiger partial charge >= 0.3 is 5.97 Å². The quantitative estimate of drug-likeness (QED) is 0.333. The van der Waals surface area contributed by atoms with Crippen LogP contribution in [0.3, 0.4) is 0 Å². The van der Waals surface area contributed by atoms with Crippen molar-refractivity contribution in [3.05, 3.63) is 11.1 Å². The Morgan fingerprint density at radius 2 is 1.64 bits per heavy atom. The first-order valence-corrected chi connectivity index (χ1v) is 8.01. The van der Waals surface area contributed by atoms with Crippen LogP contribution in [0, 0.1) is 0 Å². The molecule has 126 valence electrons. The summed E-state index contributed by atoms with van der Waals surface area (Å²) in [4.78, 5) is 23.0. The maximum absolute atomic E-state index is 12.0. The number of esters is 1. The molecule has 0 radical (unpaired) electrons. The van der Waals surface area contributed by atoms with E-state index in [1.54, 1.807) is 14.2 Å². The molecule has 0 heterocycles. The zero-order valence-electron chi connectivity index (χ0n) is 14.0. The lowest BCUT2D eigenvalue weighted by Gasteiger charge is -2.16. The smallest absolute Gasteiger partial charge is 0.305 e. The number of allylic oxidation sites excluding steroid dienone is 1. The first kappa shape index (κ1) is 18.8. The minimum absolute atomic E-state index is 0.142. The summed E-state index contributed by atoms with van der Waals surface area (Å²) in [6.07, 6.45) is 7.25. The molecule has 0 spiro atoms. The summed E-state index contributed by atoms with van der Waals surface area (Å²) >= 11 is 0. The van der Waals surface area contributed by atoms with E-state index in [1.807, 2.05) is 0 Å². The number of methoxy groups -OCH3 is 3. The highest BCUT2D eigenvalue weighted by atomic mass is 16.7. The predicted molar refractivity (Wildman–Crippen MR) is 83.4 cm³/mol. The molecule has 0 N–H and O–H groups in total. The van der Waals surface area contributed by atoms with Crippen molar-refractivity contribution >= 4 is 11.8 Å². The second-order valence-corrected chi connectivity index (χ2v) is 5.57. The first-order valence-electron chi connectivity index (χ1n) is 8.01. The summed E-state index contributed by atoms with van der Waals surface area (Å²) in [6, 6.07) is 0. The molecule has 0 fully saturated rings. The van der Waals surface area contributed by atoms with E-state index < -0.39 is 0 Å². The Kier molecular flexibility index (Phi) is 9.01. The van der Waals surface area contributed by atoms with E-state index in [9.17, 15) is 9.59 Å². The fraction of sp³-hybridized carbons (Fsp3) is 0.765. The Hall–Kier alpha value is -1.20. The molecule has 5 nitrogen and oxygen atoms in total. The van der Waals surface area contributed by atoms with Gasteiger partial charge < -0.3 is 14.2 Å². The number of Topliss-reactive ketones (excluding diaryl/α,β-unsaturated/α-hetero) is 1. The van der Waals surface area contributed by atoms with Gasteiger partial charge in [0.15, 0.2) is 12.1 Å². The van der Waals surface area contributed by atoms with Crippen LogP contribution in [0.5, 0.6) is 0 Å². The minimum Gasteiger partial charge on any atom is -0.469 e. The largest absolute Gasteiger partial charge is 0.469 e. The van der Waals surface area contributed by atoms with Crippen LogP contribution in [0.1, 0.15) is 57.8 Å². The molecule has 0 aliphatic heterocycles. The van der Waals surface area contributed by atoms with Crippen LogP contribution in [0.25, 0.3) is 0 Å². The average molecular weight is 312 g/mol. The summed E-state index contributed by atoms with van der Waals surface area (Å²) in [7, 11) is 4.62. The van der Waals surface area contributed by atoms with Crippen molar-refractivity contribution in [2.24, 2.45) is 0 Å². The van der Waals surface area contributed by atoms with Crippen LogP contribution in [-0.4, -0.2) is 39.4 Å². The number of carbonyl (C=O) groups is 2. The fourth-order valence-corrected chi connectivity index (χ4v) is 2.87. The third-order valence-corrected chi connectivity index (χ3v) is 4.09. The number of unbranched alkanes of at least 4 members (excludes halogenated alkanes) is 4. The second-order valence-electron chi connectivity index (χ2n) is 5.57. The molecule has 0 atom stereocenters. The summed E-state index contributed by atoms with van der Waals surface area (Å²) in [6.45, 7) is 0. The molecule has 0 aromatic heterocycles. The molecule has 0 unspecified atom stereocenters. The van der Waals surface area contributed by atoms with Gasteiger partial charge in [-0.2, -0.15) is 0 Å². The normalized spacial score (nSPS) is 15.0. The molecule has 0 aromatic rings. The van der Waals surface area contributed by atoms with Gasteiger partial charge in [-0.3, -0.25) is 9.59 Å². The van der Waals surface area contributed by atoms with Gasteiger partial charge in [0.25, 0.3) is 0 Å². The molecule has 5 heteroatoms. The predicted octanol–water partition coefficient (Wildman–Crippen LogP) is 3.17. The van der Waals surface area contributed by atoms with E-state index in [4.69, 9.17) is 9.47 Å². The molecule has 1 aliphatic rings. The van der Waals surface area contributed by atoms with Gasteiger partial charge in [0, 0.05) is 27.1 Å². The van der Waals surface area contributed by atoms with Crippen LogP contribution in [0.15, 0.2) is 11.1 Å². The Morgan fingerprint density at radius 3 is 2.27 bits per heavy atom. The lowest BCUT2D eigenvalue weighted by atomic mass is 10.0. The second kappa shape index (κ2) is 10.5. The molecular weight excluding hydrogens is 284 g/mol. The molecule has 1 rings (SSSR count). The Labute approximate surface area is 133 Å².